The fourth-order valence-electron chi connectivity index (χ4n) is 11.3. The second-order valence-corrected chi connectivity index (χ2v) is 18.0. The fourth-order valence-corrected chi connectivity index (χ4v) is 11.3. The SMILES string of the molecule is CCC1=C(CC(C)/N=C(\N=C(/NC)c2ccccc2)c2cccc3c2-c2cc(-n4c5cc6ccccc6cc5c5cc6ccccc6cc54)ccc2C2CC32)c2ccccc2C1C. The van der Waals surface area contributed by atoms with E-state index in [1.807, 2.05) is 7.05 Å². The molecule has 0 aliphatic heterocycles. The van der Waals surface area contributed by atoms with E-state index in [2.05, 4.69) is 194 Å². The number of nitrogens with zero attached hydrogens (tertiary/aromatic N) is 3. The molecule has 12 rings (SSSR count). The van der Waals surface area contributed by atoms with Crippen LogP contribution in [-0.2, 0) is 0 Å². The lowest BCUT2D eigenvalue weighted by Gasteiger charge is -2.24. The van der Waals surface area contributed by atoms with E-state index in [0.717, 1.165) is 35.6 Å². The summed E-state index contributed by atoms with van der Waals surface area (Å²) in [7, 11) is 1.97. The maximum atomic E-state index is 5.67. The van der Waals surface area contributed by atoms with Crippen LogP contribution in [-0.4, -0.2) is 29.3 Å². The van der Waals surface area contributed by atoms with Crippen molar-refractivity contribution in [3.63, 3.8) is 0 Å². The number of fused-ring (bicyclic) bond motifs is 12. The Morgan fingerprint density at radius 2 is 1.27 bits per heavy atom. The second-order valence-electron chi connectivity index (χ2n) is 18.0. The zero-order valence-electron chi connectivity index (χ0n) is 36.4. The fraction of sp³-hybridized carbons (Fsp3) is 0.186. The largest absolute Gasteiger partial charge is 0.373 e. The van der Waals surface area contributed by atoms with E-state index in [4.69, 9.17) is 9.98 Å². The van der Waals surface area contributed by atoms with Gasteiger partial charge < -0.3 is 9.88 Å². The van der Waals surface area contributed by atoms with Crippen LogP contribution >= 0.6 is 0 Å². The van der Waals surface area contributed by atoms with Crippen LogP contribution in [0.4, 0.5) is 0 Å². The van der Waals surface area contributed by atoms with Gasteiger partial charge in [0.2, 0.25) is 0 Å². The van der Waals surface area contributed by atoms with E-state index in [1.54, 1.807) is 0 Å². The van der Waals surface area contributed by atoms with Gasteiger partial charge in [-0.05, 0) is 135 Å². The summed E-state index contributed by atoms with van der Waals surface area (Å²) < 4.78 is 2.51. The first-order valence-electron chi connectivity index (χ1n) is 22.8. The molecule has 1 N–H and O–H groups in total. The van der Waals surface area contributed by atoms with Crippen LogP contribution in [0.25, 0.3) is 65.7 Å². The molecule has 4 heteroatoms. The van der Waals surface area contributed by atoms with Crippen molar-refractivity contribution >= 4 is 60.6 Å². The van der Waals surface area contributed by atoms with Gasteiger partial charge in [0.05, 0.1) is 17.1 Å². The number of benzene rings is 8. The highest BCUT2D eigenvalue weighted by atomic mass is 15.0. The van der Waals surface area contributed by atoms with Crippen LogP contribution in [0.2, 0.25) is 0 Å². The zero-order chi connectivity index (χ0) is 42.3. The topological polar surface area (TPSA) is 41.7 Å². The van der Waals surface area contributed by atoms with Gasteiger partial charge in [0.15, 0.2) is 5.84 Å². The van der Waals surface area contributed by atoms with Gasteiger partial charge >= 0.3 is 0 Å². The molecule has 1 saturated carbocycles. The number of aromatic nitrogens is 1. The van der Waals surface area contributed by atoms with Gasteiger partial charge in [0.25, 0.3) is 0 Å². The van der Waals surface area contributed by atoms with E-state index in [-0.39, 0.29) is 6.04 Å². The molecule has 4 nitrogen and oxygen atoms in total. The van der Waals surface area contributed by atoms with Crippen LogP contribution in [0, 0.1) is 0 Å². The first-order chi connectivity index (χ1) is 31.0. The van der Waals surface area contributed by atoms with E-state index < -0.39 is 0 Å². The van der Waals surface area contributed by atoms with Gasteiger partial charge in [0.1, 0.15) is 5.84 Å². The van der Waals surface area contributed by atoms with Gasteiger partial charge in [-0.15, -0.1) is 0 Å². The molecular weight excluding hydrogens is 765 g/mol. The summed E-state index contributed by atoms with van der Waals surface area (Å²) in [5, 5.41) is 11.0. The molecule has 0 bridgehead atoms. The van der Waals surface area contributed by atoms with Crippen molar-refractivity contribution in [1.82, 2.24) is 9.88 Å². The number of hydrogen-bond donors (Lipinski definition) is 1. The van der Waals surface area contributed by atoms with Gasteiger partial charge in [-0.2, -0.15) is 0 Å². The van der Waals surface area contributed by atoms with Crippen LogP contribution in [0.15, 0.2) is 179 Å². The molecule has 9 aromatic rings. The molecule has 0 saturated heterocycles. The van der Waals surface area contributed by atoms with Gasteiger partial charge in [-0.3, -0.25) is 4.99 Å². The second kappa shape index (κ2) is 14.8. The van der Waals surface area contributed by atoms with Crippen molar-refractivity contribution in [2.45, 2.75) is 63.8 Å². The summed E-state index contributed by atoms with van der Waals surface area (Å²) in [6.45, 7) is 6.94. The van der Waals surface area contributed by atoms with Gasteiger partial charge in [-0.25, -0.2) is 4.99 Å². The third-order valence-electron chi connectivity index (χ3n) is 14.4. The molecule has 0 spiro atoms. The Labute approximate surface area is 369 Å². The zero-order valence-corrected chi connectivity index (χ0v) is 36.4. The monoisotopic (exact) mass is 814 g/mol. The Morgan fingerprint density at radius 1 is 0.651 bits per heavy atom. The molecule has 1 aromatic heterocycles. The number of nitrogens with one attached hydrogen (secondary N) is 1. The first kappa shape index (κ1) is 37.7. The number of rotatable bonds is 7. The van der Waals surface area contributed by atoms with E-state index in [0.29, 0.717) is 17.8 Å². The molecule has 0 radical (unpaired) electrons. The summed E-state index contributed by atoms with van der Waals surface area (Å²) in [4.78, 5) is 11.2. The average Bonchev–Trinajstić information content (AvgIpc) is 4.02. The predicted molar refractivity (Wildman–Crippen MR) is 266 cm³/mol. The highest BCUT2D eigenvalue weighted by Gasteiger charge is 2.46. The third kappa shape index (κ3) is 6.10. The molecule has 0 amide bonds. The third-order valence-corrected chi connectivity index (χ3v) is 14.4. The van der Waals surface area contributed by atoms with Crippen LogP contribution in [0.5, 0.6) is 0 Å². The molecule has 8 aromatic carbocycles. The lowest BCUT2D eigenvalue weighted by Crippen LogP contribution is -2.22. The van der Waals surface area contributed by atoms with Crippen molar-refractivity contribution < 1.29 is 0 Å². The number of amidine groups is 2. The minimum Gasteiger partial charge on any atom is -0.373 e. The smallest absolute Gasteiger partial charge is 0.157 e. The molecular formula is C59H50N4. The first-order valence-corrected chi connectivity index (χ1v) is 22.8. The highest BCUT2D eigenvalue weighted by molar-refractivity contribution is 6.17. The molecule has 4 atom stereocenters. The van der Waals surface area contributed by atoms with Crippen LogP contribution < -0.4 is 5.32 Å². The Hall–Kier alpha value is -7.04. The van der Waals surface area contributed by atoms with Gasteiger partial charge in [-0.1, -0.05) is 147 Å². The number of hydrogen-bond acceptors (Lipinski definition) is 1. The van der Waals surface area contributed by atoms with Crippen molar-refractivity contribution in [3.8, 4) is 16.8 Å². The number of aliphatic imine (C=N–C) groups is 2. The van der Waals surface area contributed by atoms with Crippen molar-refractivity contribution in [1.29, 1.82) is 0 Å². The summed E-state index contributed by atoms with van der Waals surface area (Å²) in [6.07, 6.45) is 3.07. The molecule has 1 heterocycles. The molecule has 3 aliphatic rings. The lowest BCUT2D eigenvalue weighted by molar-refractivity contribution is 0.762. The van der Waals surface area contributed by atoms with Gasteiger partial charge in [0, 0.05) is 40.6 Å². The molecule has 1 fully saturated rings. The van der Waals surface area contributed by atoms with Crippen LogP contribution in [0.3, 0.4) is 0 Å². The lowest BCUT2D eigenvalue weighted by atomic mass is 9.82. The summed E-state index contributed by atoms with van der Waals surface area (Å²) in [5.74, 6) is 3.03. The molecule has 63 heavy (non-hydrogen) atoms. The highest BCUT2D eigenvalue weighted by Crippen LogP contribution is 2.63. The van der Waals surface area contributed by atoms with E-state index in [9.17, 15) is 0 Å². The molecule has 4 unspecified atom stereocenters. The Bertz CT molecular complexity index is 3330. The quantitative estimate of drug-likeness (QED) is 0.126. The van der Waals surface area contributed by atoms with Crippen molar-refractivity contribution in [2.24, 2.45) is 9.98 Å². The average molecular weight is 815 g/mol. The van der Waals surface area contributed by atoms with Crippen molar-refractivity contribution in [2.75, 3.05) is 7.05 Å². The Balaban J connectivity index is 1.06. The van der Waals surface area contributed by atoms with Crippen molar-refractivity contribution in [3.05, 3.63) is 203 Å². The Kier molecular flexibility index (Phi) is 8.86. The van der Waals surface area contributed by atoms with E-state index in [1.165, 1.54) is 100.0 Å². The minimum atomic E-state index is -0.00582. The molecule has 306 valence electrons. The number of allylic oxidation sites excluding steroid dienone is 1. The molecule has 3 aliphatic carbocycles. The Morgan fingerprint density at radius 3 is 1.95 bits per heavy atom. The maximum absolute atomic E-state index is 5.67. The van der Waals surface area contributed by atoms with Crippen LogP contribution in [0.1, 0.15) is 91.2 Å². The summed E-state index contributed by atoms with van der Waals surface area (Å²) in [6, 6.07) is 60.6. The minimum absolute atomic E-state index is 0.00582. The van der Waals surface area contributed by atoms with E-state index >= 15 is 0 Å². The predicted octanol–water partition coefficient (Wildman–Crippen LogP) is 14.5. The maximum Gasteiger partial charge on any atom is 0.157 e. The standard InChI is InChI=1S/C59H50N4/c1-5-43-36(3)44-22-13-14-23-45(44)49(43)28-35(2)61-59(62-58(60-4)37-16-7-6-8-17-37)48-25-15-24-47-51-34-50(51)46-27-26-42(33-54(46)57(47)48)63-55-31-40-20-11-9-18-38(40)29-52(55)53-30-39-19-10-12-21-41(39)32-56(53)63/h6-27,29-33,35-36,50-51H,5,28,34H2,1-4H3,(H,60,61,62). The summed E-state index contributed by atoms with van der Waals surface area (Å²) >= 11 is 0. The summed E-state index contributed by atoms with van der Waals surface area (Å²) in [5.41, 5.74) is 17.0. The normalized spacial score (nSPS) is 18.4.